The maximum Gasteiger partial charge on any atom is 0.338 e. The Morgan fingerprint density at radius 2 is 1.69 bits per heavy atom. The number of esters is 2. The summed E-state index contributed by atoms with van der Waals surface area (Å²) in [6.45, 7) is 11.2. The predicted molar refractivity (Wildman–Crippen MR) is 131 cm³/mol. The van der Waals surface area contributed by atoms with Crippen molar-refractivity contribution in [2.45, 2.75) is 72.2 Å². The van der Waals surface area contributed by atoms with Crippen molar-refractivity contribution < 1.29 is 29.0 Å². The van der Waals surface area contributed by atoms with Crippen molar-refractivity contribution >= 4 is 17.7 Å². The van der Waals surface area contributed by atoms with Crippen molar-refractivity contribution in [2.75, 3.05) is 0 Å². The number of allylic oxidation sites excluding steroid dienone is 1. The van der Waals surface area contributed by atoms with Gasteiger partial charge in [-0.1, -0.05) is 51.1 Å². The summed E-state index contributed by atoms with van der Waals surface area (Å²) in [6, 6.07) is 8.69. The van der Waals surface area contributed by atoms with E-state index in [1.807, 2.05) is 26.0 Å². The number of carbonyl (C=O) groups excluding carboxylic acids is 3. The van der Waals surface area contributed by atoms with E-state index >= 15 is 0 Å². The molecule has 3 aliphatic carbocycles. The van der Waals surface area contributed by atoms with Crippen molar-refractivity contribution in [2.24, 2.45) is 29.1 Å². The van der Waals surface area contributed by atoms with Crippen molar-refractivity contribution in [3.05, 3.63) is 59.2 Å². The molecule has 0 heterocycles. The maximum atomic E-state index is 13.7. The van der Waals surface area contributed by atoms with Gasteiger partial charge in [-0.2, -0.15) is 0 Å². The van der Waals surface area contributed by atoms with E-state index in [1.165, 1.54) is 6.92 Å². The number of hydrogen-bond acceptors (Lipinski definition) is 6. The third-order valence-corrected chi connectivity index (χ3v) is 8.40. The molecule has 0 saturated heterocycles. The zero-order valence-corrected chi connectivity index (χ0v) is 21.4. The van der Waals surface area contributed by atoms with Gasteiger partial charge in [0, 0.05) is 6.92 Å². The Morgan fingerprint density at radius 1 is 1.03 bits per heavy atom. The minimum absolute atomic E-state index is 0.0296. The Balaban J connectivity index is 1.76. The Kier molecular flexibility index (Phi) is 6.56. The van der Waals surface area contributed by atoms with E-state index in [2.05, 4.69) is 13.8 Å². The lowest BCUT2D eigenvalue weighted by molar-refractivity contribution is -0.145. The molecule has 3 aliphatic rings. The predicted octanol–water partition coefficient (Wildman–Crippen LogP) is 4.67. The average Bonchev–Trinajstić information content (AvgIpc) is 3.20. The molecule has 1 N–H and O–H groups in total. The van der Waals surface area contributed by atoms with Crippen molar-refractivity contribution in [3.63, 3.8) is 0 Å². The van der Waals surface area contributed by atoms with Crippen molar-refractivity contribution in [1.82, 2.24) is 0 Å². The molecule has 1 aromatic rings. The monoisotopic (exact) mass is 480 g/mol. The van der Waals surface area contributed by atoms with Crippen LogP contribution in [0.25, 0.3) is 0 Å². The molecule has 0 bridgehead atoms. The highest BCUT2D eigenvalue weighted by Crippen LogP contribution is 2.62. The third-order valence-electron chi connectivity index (χ3n) is 8.40. The molecule has 0 aromatic heterocycles. The summed E-state index contributed by atoms with van der Waals surface area (Å²) >= 11 is 0. The van der Waals surface area contributed by atoms with Gasteiger partial charge in [-0.25, -0.2) is 4.79 Å². The Hall–Kier alpha value is -2.73. The largest absolute Gasteiger partial charge is 0.458 e. The third kappa shape index (κ3) is 4.61. The quantitative estimate of drug-likeness (QED) is 0.500. The van der Waals surface area contributed by atoms with E-state index < -0.39 is 29.7 Å². The van der Waals surface area contributed by atoms with Crippen LogP contribution in [-0.4, -0.2) is 40.6 Å². The van der Waals surface area contributed by atoms with Crippen LogP contribution in [-0.2, 0) is 19.1 Å². The summed E-state index contributed by atoms with van der Waals surface area (Å²) in [5.74, 6) is -1.81. The summed E-state index contributed by atoms with van der Waals surface area (Å²) in [4.78, 5) is 38.6. The molecule has 0 unspecified atom stereocenters. The van der Waals surface area contributed by atoms with E-state index in [4.69, 9.17) is 9.47 Å². The first-order valence-electron chi connectivity index (χ1n) is 12.4. The zero-order valence-electron chi connectivity index (χ0n) is 21.4. The lowest BCUT2D eigenvalue weighted by Gasteiger charge is -2.31. The van der Waals surface area contributed by atoms with Gasteiger partial charge >= 0.3 is 11.9 Å². The molecule has 188 valence electrons. The molecular formula is C29H36O6. The Morgan fingerprint density at radius 3 is 2.31 bits per heavy atom. The zero-order chi connectivity index (χ0) is 25.7. The molecule has 0 amide bonds. The van der Waals surface area contributed by atoms with Crippen LogP contribution in [0.1, 0.15) is 64.7 Å². The van der Waals surface area contributed by atoms with Crippen LogP contribution < -0.4 is 0 Å². The van der Waals surface area contributed by atoms with Crippen LogP contribution in [0.4, 0.5) is 0 Å². The number of ketones is 1. The molecule has 35 heavy (non-hydrogen) atoms. The highest BCUT2D eigenvalue weighted by molar-refractivity contribution is 6.02. The summed E-state index contributed by atoms with van der Waals surface area (Å²) in [6.07, 6.45) is 3.40. The second-order valence-corrected chi connectivity index (χ2v) is 11.2. The van der Waals surface area contributed by atoms with Crippen molar-refractivity contribution in [1.29, 1.82) is 0 Å². The van der Waals surface area contributed by atoms with Gasteiger partial charge in [0.15, 0.2) is 5.78 Å². The number of aliphatic hydroxyl groups is 1. The smallest absolute Gasteiger partial charge is 0.338 e. The van der Waals surface area contributed by atoms with Gasteiger partial charge in [0.1, 0.15) is 17.8 Å². The van der Waals surface area contributed by atoms with Crippen LogP contribution in [0.2, 0.25) is 0 Å². The van der Waals surface area contributed by atoms with Gasteiger partial charge in [-0.15, -0.1) is 0 Å². The lowest BCUT2D eigenvalue weighted by atomic mass is 9.81. The van der Waals surface area contributed by atoms with Crippen molar-refractivity contribution in [3.8, 4) is 0 Å². The first kappa shape index (κ1) is 25.4. The van der Waals surface area contributed by atoms with Gasteiger partial charge in [0.2, 0.25) is 0 Å². The standard InChI is InChI=1S/C29H36O6/c1-16-12-23-25(35-27(32)20-10-8-7-9-11-20)18(3)15-29(23,33)26(31)17(2)13-21-22(28(21,5)6)14-24(16)34-19(4)30/h7-13,18,21-25,33H,14-15H2,1-6H3/b16-12-,17-13-/t18-,21+,22-,23-,24-,25+,29-/m1/s1. The fourth-order valence-corrected chi connectivity index (χ4v) is 6.20. The number of hydrogen-bond donors (Lipinski definition) is 1. The lowest BCUT2D eigenvalue weighted by Crippen LogP contribution is -2.45. The van der Waals surface area contributed by atoms with Gasteiger partial charge in [0.25, 0.3) is 0 Å². The summed E-state index contributed by atoms with van der Waals surface area (Å²) < 4.78 is 11.6. The molecule has 0 aliphatic heterocycles. The molecule has 6 heteroatoms. The number of Topliss-reactive ketones (excluding diaryl/α,β-unsaturated/α-hetero) is 1. The fraction of sp³-hybridized carbons (Fsp3) is 0.552. The van der Waals surface area contributed by atoms with E-state index in [1.54, 1.807) is 37.3 Å². The number of carbonyl (C=O) groups is 3. The van der Waals surface area contributed by atoms with E-state index in [-0.39, 0.29) is 41.3 Å². The van der Waals surface area contributed by atoms with Crippen LogP contribution in [0.3, 0.4) is 0 Å². The van der Waals surface area contributed by atoms with Crippen LogP contribution >= 0.6 is 0 Å². The molecule has 2 fully saturated rings. The molecule has 7 atom stereocenters. The highest BCUT2D eigenvalue weighted by Gasteiger charge is 2.60. The first-order chi connectivity index (χ1) is 16.4. The van der Waals surface area contributed by atoms with Crippen LogP contribution in [0.15, 0.2) is 53.6 Å². The average molecular weight is 481 g/mol. The molecule has 2 saturated carbocycles. The second kappa shape index (κ2) is 9.05. The Labute approximate surface area is 207 Å². The minimum atomic E-state index is -1.72. The maximum absolute atomic E-state index is 13.7. The minimum Gasteiger partial charge on any atom is -0.458 e. The normalized spacial score (nSPS) is 39.0. The molecule has 0 spiro atoms. The van der Waals surface area contributed by atoms with E-state index in [0.29, 0.717) is 17.6 Å². The molecule has 1 aromatic carbocycles. The fourth-order valence-electron chi connectivity index (χ4n) is 6.20. The number of rotatable bonds is 3. The number of fused-ring (bicyclic) bond motifs is 2. The molecular weight excluding hydrogens is 444 g/mol. The number of benzene rings is 1. The summed E-state index contributed by atoms with van der Waals surface area (Å²) in [7, 11) is 0. The highest BCUT2D eigenvalue weighted by atomic mass is 16.5. The van der Waals surface area contributed by atoms with Gasteiger partial charge < -0.3 is 14.6 Å². The Bertz CT molecular complexity index is 1080. The number of ether oxygens (including phenoxy) is 2. The topological polar surface area (TPSA) is 89.9 Å². The molecule has 4 rings (SSSR count). The molecule has 6 nitrogen and oxygen atoms in total. The van der Waals surface area contributed by atoms with Crippen LogP contribution in [0, 0.1) is 29.1 Å². The second-order valence-electron chi connectivity index (χ2n) is 11.2. The molecule has 0 radical (unpaired) electrons. The first-order valence-corrected chi connectivity index (χ1v) is 12.4. The SMILES string of the molecule is CC(=O)O[C@@H]1C[C@@H]2[C@H](/C=C(/C)C(=O)[C@@]3(O)C[C@@H](C)[C@H](OC(=O)c4ccccc4)[C@H]3/C=C\1C)C2(C)C. The van der Waals surface area contributed by atoms with Crippen LogP contribution in [0.5, 0.6) is 0 Å². The van der Waals surface area contributed by atoms with E-state index in [9.17, 15) is 19.5 Å². The van der Waals surface area contributed by atoms with Gasteiger partial charge in [0.05, 0.1) is 11.5 Å². The summed E-state index contributed by atoms with van der Waals surface area (Å²) in [5.41, 5.74) is -0.0552. The van der Waals surface area contributed by atoms with Gasteiger partial charge in [-0.05, 0) is 73.1 Å². The summed E-state index contributed by atoms with van der Waals surface area (Å²) in [5, 5.41) is 11.9. The van der Waals surface area contributed by atoms with Gasteiger partial charge in [-0.3, -0.25) is 9.59 Å². The van der Waals surface area contributed by atoms with E-state index in [0.717, 1.165) is 5.57 Å².